The standard InChI is InChI=1S/C11H16SSe/c1-2-3-9-12-13-10-11-7-5-4-6-8-11/h4-8H,2-3,9-10H2,1H3. The van der Waals surface area contributed by atoms with E-state index in [1.165, 1.54) is 29.5 Å². The number of hydrogen-bond acceptors (Lipinski definition) is 1. The van der Waals surface area contributed by atoms with Crippen LogP contribution >= 0.6 is 10.2 Å². The summed E-state index contributed by atoms with van der Waals surface area (Å²) in [6.45, 7) is 2.25. The molecule has 0 spiro atoms. The molecule has 0 amide bonds. The van der Waals surface area contributed by atoms with E-state index in [4.69, 9.17) is 0 Å². The molecule has 0 radical (unpaired) electrons. The summed E-state index contributed by atoms with van der Waals surface area (Å²) >= 11 is 0.747. The SMILES string of the molecule is CCCCS[Se]Cc1ccccc1. The predicted molar refractivity (Wildman–Crippen MR) is 63.3 cm³/mol. The fourth-order valence-corrected chi connectivity index (χ4v) is 4.96. The van der Waals surface area contributed by atoms with E-state index in [2.05, 4.69) is 47.4 Å². The van der Waals surface area contributed by atoms with Crippen molar-refractivity contribution >= 4 is 24.0 Å². The van der Waals surface area contributed by atoms with Crippen LogP contribution in [0.25, 0.3) is 0 Å². The molecule has 2 heteroatoms. The van der Waals surface area contributed by atoms with Gasteiger partial charge in [-0.3, -0.25) is 0 Å². The molecule has 0 aromatic heterocycles. The summed E-state index contributed by atoms with van der Waals surface area (Å²) in [4.78, 5) is 0. The number of hydrogen-bond donors (Lipinski definition) is 0. The van der Waals surface area contributed by atoms with E-state index in [9.17, 15) is 0 Å². The Hall–Kier alpha value is 0.0895. The normalized spacial score (nSPS) is 10.2. The summed E-state index contributed by atoms with van der Waals surface area (Å²) in [5.41, 5.74) is 1.49. The van der Waals surface area contributed by atoms with Gasteiger partial charge in [0.2, 0.25) is 0 Å². The van der Waals surface area contributed by atoms with Crippen molar-refractivity contribution < 1.29 is 0 Å². The van der Waals surface area contributed by atoms with Crippen LogP contribution in [0, 0.1) is 0 Å². The predicted octanol–water partition coefficient (Wildman–Crippen LogP) is 3.34. The Labute approximate surface area is 90.7 Å². The van der Waals surface area contributed by atoms with Crippen molar-refractivity contribution in [3.8, 4) is 0 Å². The second-order valence-corrected chi connectivity index (χ2v) is 7.38. The third kappa shape index (κ3) is 5.41. The van der Waals surface area contributed by atoms with Gasteiger partial charge in [-0.15, -0.1) is 0 Å². The van der Waals surface area contributed by atoms with E-state index in [1.54, 1.807) is 0 Å². The molecule has 0 aliphatic heterocycles. The second-order valence-electron chi connectivity index (χ2n) is 2.92. The van der Waals surface area contributed by atoms with Gasteiger partial charge in [0.25, 0.3) is 0 Å². The number of benzene rings is 1. The van der Waals surface area contributed by atoms with Crippen LogP contribution in [-0.2, 0) is 5.32 Å². The molecule has 1 aromatic rings. The van der Waals surface area contributed by atoms with Crippen molar-refractivity contribution in [3.05, 3.63) is 35.9 Å². The fraction of sp³-hybridized carbons (Fsp3) is 0.455. The van der Waals surface area contributed by atoms with Crippen molar-refractivity contribution in [1.82, 2.24) is 0 Å². The van der Waals surface area contributed by atoms with Crippen LogP contribution in [-0.4, -0.2) is 19.6 Å². The van der Waals surface area contributed by atoms with E-state index in [1.807, 2.05) is 0 Å². The molecular formula is C11H16SSe. The van der Waals surface area contributed by atoms with E-state index in [-0.39, 0.29) is 0 Å². The van der Waals surface area contributed by atoms with Gasteiger partial charge in [-0.2, -0.15) is 0 Å². The van der Waals surface area contributed by atoms with Crippen molar-refractivity contribution in [3.63, 3.8) is 0 Å². The third-order valence-electron chi connectivity index (χ3n) is 1.73. The minimum atomic E-state index is 0.747. The fourth-order valence-electron chi connectivity index (χ4n) is 0.946. The molecule has 0 heterocycles. The van der Waals surface area contributed by atoms with E-state index >= 15 is 0 Å². The Morgan fingerprint density at radius 2 is 2.00 bits per heavy atom. The van der Waals surface area contributed by atoms with Gasteiger partial charge in [0.15, 0.2) is 0 Å². The molecule has 13 heavy (non-hydrogen) atoms. The first-order chi connectivity index (χ1) is 6.43. The van der Waals surface area contributed by atoms with Crippen LogP contribution in [0.3, 0.4) is 0 Å². The van der Waals surface area contributed by atoms with Crippen LogP contribution in [0.4, 0.5) is 0 Å². The molecule has 1 rings (SSSR count). The first-order valence-corrected chi connectivity index (χ1v) is 8.94. The van der Waals surface area contributed by atoms with E-state index in [0.717, 1.165) is 13.8 Å². The average Bonchev–Trinajstić information content (AvgIpc) is 2.19. The Balaban J connectivity index is 2.07. The molecule has 0 N–H and O–H groups in total. The Morgan fingerprint density at radius 1 is 1.23 bits per heavy atom. The monoisotopic (exact) mass is 260 g/mol. The summed E-state index contributed by atoms with van der Waals surface area (Å²) < 4.78 is 0. The summed E-state index contributed by atoms with van der Waals surface area (Å²) in [5.74, 6) is 1.35. The summed E-state index contributed by atoms with van der Waals surface area (Å²) in [6, 6.07) is 10.8. The summed E-state index contributed by atoms with van der Waals surface area (Å²) in [6.07, 6.45) is 2.70. The molecule has 0 unspecified atom stereocenters. The van der Waals surface area contributed by atoms with Crippen molar-refractivity contribution in [2.24, 2.45) is 0 Å². The van der Waals surface area contributed by atoms with Crippen molar-refractivity contribution in [2.45, 2.75) is 25.1 Å². The first kappa shape index (κ1) is 11.2. The Kier molecular flexibility index (Phi) is 6.43. The molecule has 0 saturated heterocycles. The quantitative estimate of drug-likeness (QED) is 0.557. The Morgan fingerprint density at radius 3 is 2.69 bits per heavy atom. The molecule has 0 aliphatic rings. The zero-order valence-corrected chi connectivity index (χ0v) is 10.6. The van der Waals surface area contributed by atoms with E-state index in [0.29, 0.717) is 0 Å². The van der Waals surface area contributed by atoms with Crippen LogP contribution < -0.4 is 0 Å². The average molecular weight is 259 g/mol. The molecule has 1 aromatic carbocycles. The maximum absolute atomic E-state index is 2.25. The third-order valence-corrected chi connectivity index (χ3v) is 6.01. The van der Waals surface area contributed by atoms with Gasteiger partial charge in [-0.25, -0.2) is 0 Å². The molecule has 0 bridgehead atoms. The first-order valence-electron chi connectivity index (χ1n) is 4.72. The van der Waals surface area contributed by atoms with Gasteiger partial charge in [-0.05, 0) is 0 Å². The summed E-state index contributed by atoms with van der Waals surface area (Å²) in [7, 11) is 2.14. The molecule has 0 atom stereocenters. The molecule has 0 nitrogen and oxygen atoms in total. The molecular weight excluding hydrogens is 243 g/mol. The number of unbranched alkanes of at least 4 members (excludes halogenated alkanes) is 1. The van der Waals surface area contributed by atoms with Crippen molar-refractivity contribution in [1.29, 1.82) is 0 Å². The van der Waals surface area contributed by atoms with E-state index < -0.39 is 0 Å². The maximum atomic E-state index is 2.25. The van der Waals surface area contributed by atoms with Crippen LogP contribution in [0.1, 0.15) is 25.3 Å². The Bertz CT molecular complexity index is 211. The molecule has 72 valence electrons. The molecule has 0 fully saturated rings. The van der Waals surface area contributed by atoms with Gasteiger partial charge < -0.3 is 0 Å². The van der Waals surface area contributed by atoms with Gasteiger partial charge >= 0.3 is 90.7 Å². The van der Waals surface area contributed by atoms with Gasteiger partial charge in [-0.1, -0.05) is 0 Å². The number of rotatable bonds is 6. The van der Waals surface area contributed by atoms with Crippen LogP contribution in [0.15, 0.2) is 30.3 Å². The molecule has 0 saturated carbocycles. The molecule has 0 aliphatic carbocycles. The summed E-state index contributed by atoms with van der Waals surface area (Å²) in [5, 5.41) is 1.28. The van der Waals surface area contributed by atoms with Crippen LogP contribution in [0.5, 0.6) is 0 Å². The second kappa shape index (κ2) is 7.49. The van der Waals surface area contributed by atoms with Gasteiger partial charge in [0, 0.05) is 0 Å². The van der Waals surface area contributed by atoms with Gasteiger partial charge in [0.1, 0.15) is 0 Å². The minimum absolute atomic E-state index is 0.747. The zero-order valence-electron chi connectivity index (χ0n) is 8.03. The topological polar surface area (TPSA) is 0 Å². The van der Waals surface area contributed by atoms with Gasteiger partial charge in [0.05, 0.1) is 0 Å². The van der Waals surface area contributed by atoms with Crippen molar-refractivity contribution in [2.75, 3.05) is 5.75 Å². The van der Waals surface area contributed by atoms with Crippen LogP contribution in [0.2, 0.25) is 0 Å². The zero-order chi connectivity index (χ0) is 9.36.